The van der Waals surface area contributed by atoms with E-state index in [4.69, 9.17) is 4.74 Å². The number of methoxy groups -OCH3 is 1. The molecule has 3 rings (SSSR count). The normalized spacial score (nSPS) is 12.2. The van der Waals surface area contributed by atoms with Crippen LogP contribution in [0.1, 0.15) is 39.7 Å². The first-order valence-corrected chi connectivity index (χ1v) is 14.8. The molecule has 3 aromatic rings. The fraction of sp³-hybridized carbons (Fsp3) is 0.333. The molecule has 0 saturated heterocycles. The number of hydrogen-bond acceptors (Lipinski definition) is 7. The number of non-ortho nitro benzene ring substituents is 1. The summed E-state index contributed by atoms with van der Waals surface area (Å²) in [6, 6.07) is 18.6. The number of ether oxygens (including phenoxy) is 1. The second-order valence-corrected chi connectivity index (χ2v) is 12.5. The van der Waals surface area contributed by atoms with Crippen LogP contribution < -0.4 is 14.4 Å². The Balaban J connectivity index is 2.11. The number of nitrogens with zero attached hydrogens (tertiary/aromatic N) is 3. The predicted octanol–water partition coefficient (Wildman–Crippen LogP) is 4.52. The van der Waals surface area contributed by atoms with Gasteiger partial charge in [0.2, 0.25) is 11.8 Å². The number of nitrogens with one attached hydrogen (secondary N) is 1. The summed E-state index contributed by atoms with van der Waals surface area (Å²) in [7, 11) is -2.83. The van der Waals surface area contributed by atoms with Crippen molar-refractivity contribution < 1.29 is 27.7 Å². The van der Waals surface area contributed by atoms with Crippen molar-refractivity contribution in [2.75, 3.05) is 18.0 Å². The van der Waals surface area contributed by atoms with Gasteiger partial charge in [-0.05, 0) is 63.1 Å². The molecule has 0 aliphatic rings. The molecule has 0 unspecified atom stereocenters. The summed E-state index contributed by atoms with van der Waals surface area (Å²) in [5.41, 5.74) is -0.314. The Bertz CT molecular complexity index is 1520. The van der Waals surface area contributed by atoms with Crippen molar-refractivity contribution in [2.45, 2.75) is 57.1 Å². The molecule has 1 atom stereocenters. The van der Waals surface area contributed by atoms with Gasteiger partial charge in [-0.3, -0.25) is 24.0 Å². The molecule has 42 heavy (non-hydrogen) atoms. The highest BCUT2D eigenvalue weighted by atomic mass is 32.2. The lowest BCUT2D eigenvalue weighted by Gasteiger charge is -2.34. The highest BCUT2D eigenvalue weighted by Gasteiger charge is 2.35. The number of carbonyl (C=O) groups is 2. The lowest BCUT2D eigenvalue weighted by Crippen LogP contribution is -2.55. The van der Waals surface area contributed by atoms with Crippen LogP contribution in [0.25, 0.3) is 0 Å². The average Bonchev–Trinajstić information content (AvgIpc) is 2.95. The maximum absolute atomic E-state index is 14.1. The maximum Gasteiger partial charge on any atom is 0.271 e. The molecule has 12 heteroatoms. The van der Waals surface area contributed by atoms with Gasteiger partial charge in [0.05, 0.1) is 22.6 Å². The summed E-state index contributed by atoms with van der Waals surface area (Å²) >= 11 is 0. The number of carbonyl (C=O) groups excluding carboxylic acids is 2. The second-order valence-electron chi connectivity index (χ2n) is 10.6. The number of amides is 2. The summed E-state index contributed by atoms with van der Waals surface area (Å²) in [5, 5.41) is 14.4. The third-order valence-corrected chi connectivity index (χ3v) is 8.10. The summed E-state index contributed by atoms with van der Waals surface area (Å²) in [5.74, 6) is -0.509. The molecular formula is C30H36N4O7S. The Kier molecular flexibility index (Phi) is 10.3. The first-order valence-electron chi connectivity index (χ1n) is 13.3. The lowest BCUT2D eigenvalue weighted by molar-refractivity contribution is -0.384. The Hall–Kier alpha value is -4.45. The molecule has 2 amide bonds. The summed E-state index contributed by atoms with van der Waals surface area (Å²) in [6.07, 6.45) is 0.250. The fourth-order valence-electron chi connectivity index (χ4n) is 4.35. The predicted molar refractivity (Wildman–Crippen MR) is 160 cm³/mol. The molecule has 0 aromatic heterocycles. The number of hydrogen-bond donors (Lipinski definition) is 1. The topological polar surface area (TPSA) is 139 Å². The molecule has 0 aliphatic heterocycles. The molecule has 3 aromatic carbocycles. The zero-order valence-corrected chi connectivity index (χ0v) is 25.1. The first kappa shape index (κ1) is 32.1. The maximum atomic E-state index is 14.1. The van der Waals surface area contributed by atoms with E-state index in [0.29, 0.717) is 11.3 Å². The van der Waals surface area contributed by atoms with Crippen LogP contribution in [0, 0.1) is 10.1 Å². The number of rotatable bonds is 12. The Morgan fingerprint density at radius 3 is 2.26 bits per heavy atom. The SMILES string of the molecule is CC[C@@H](C(=O)NC(C)(C)C)N(Cc1cccc(OC)c1)C(=O)CN(c1cccc([N+](=O)[O-])c1)S(=O)(=O)c1ccccc1. The van der Waals surface area contributed by atoms with Gasteiger partial charge in [-0.2, -0.15) is 0 Å². The van der Waals surface area contributed by atoms with Crippen molar-refractivity contribution in [3.8, 4) is 5.75 Å². The van der Waals surface area contributed by atoms with Crippen LogP contribution in [0.3, 0.4) is 0 Å². The molecule has 0 heterocycles. The largest absolute Gasteiger partial charge is 0.497 e. The highest BCUT2D eigenvalue weighted by Crippen LogP contribution is 2.28. The second kappa shape index (κ2) is 13.5. The third kappa shape index (κ3) is 8.06. The number of benzene rings is 3. The summed E-state index contributed by atoms with van der Waals surface area (Å²) in [4.78, 5) is 39.6. The number of anilines is 1. The van der Waals surface area contributed by atoms with E-state index in [9.17, 15) is 28.1 Å². The molecule has 0 spiro atoms. The average molecular weight is 597 g/mol. The van der Waals surface area contributed by atoms with Gasteiger partial charge in [0, 0.05) is 24.2 Å². The molecular weight excluding hydrogens is 560 g/mol. The summed E-state index contributed by atoms with van der Waals surface area (Å²) < 4.78 is 33.9. The van der Waals surface area contributed by atoms with Crippen LogP contribution in [-0.4, -0.2) is 55.3 Å². The molecule has 0 bridgehead atoms. The van der Waals surface area contributed by atoms with Gasteiger partial charge in [-0.15, -0.1) is 0 Å². The quantitative estimate of drug-likeness (QED) is 0.240. The van der Waals surface area contributed by atoms with Crippen LogP contribution in [0.4, 0.5) is 11.4 Å². The van der Waals surface area contributed by atoms with Crippen LogP contribution in [0.15, 0.2) is 83.8 Å². The molecule has 11 nitrogen and oxygen atoms in total. The van der Waals surface area contributed by atoms with Crippen molar-refractivity contribution in [3.63, 3.8) is 0 Å². The van der Waals surface area contributed by atoms with E-state index in [1.165, 1.54) is 42.3 Å². The van der Waals surface area contributed by atoms with E-state index in [1.54, 1.807) is 49.4 Å². The van der Waals surface area contributed by atoms with Crippen molar-refractivity contribution in [1.82, 2.24) is 10.2 Å². The van der Waals surface area contributed by atoms with Gasteiger partial charge < -0.3 is 15.0 Å². The van der Waals surface area contributed by atoms with E-state index in [0.717, 1.165) is 10.4 Å². The minimum absolute atomic E-state index is 0.0136. The van der Waals surface area contributed by atoms with Crippen molar-refractivity contribution in [1.29, 1.82) is 0 Å². The van der Waals surface area contributed by atoms with E-state index >= 15 is 0 Å². The van der Waals surface area contributed by atoms with Gasteiger partial charge in [-0.1, -0.05) is 43.3 Å². The highest BCUT2D eigenvalue weighted by molar-refractivity contribution is 7.92. The van der Waals surface area contributed by atoms with Gasteiger partial charge in [0.25, 0.3) is 15.7 Å². The molecule has 0 saturated carbocycles. The van der Waals surface area contributed by atoms with Gasteiger partial charge in [0.15, 0.2) is 0 Å². The van der Waals surface area contributed by atoms with Crippen molar-refractivity contribution >= 4 is 33.2 Å². The van der Waals surface area contributed by atoms with E-state index < -0.39 is 44.9 Å². The van der Waals surface area contributed by atoms with Gasteiger partial charge in [-0.25, -0.2) is 8.42 Å². The fourth-order valence-corrected chi connectivity index (χ4v) is 5.78. The van der Waals surface area contributed by atoms with Crippen LogP contribution in [-0.2, 0) is 26.2 Å². The Morgan fingerprint density at radius 2 is 1.67 bits per heavy atom. The number of nitro benzene ring substituents is 1. The van der Waals surface area contributed by atoms with Crippen LogP contribution in [0.2, 0.25) is 0 Å². The first-order chi connectivity index (χ1) is 19.8. The number of sulfonamides is 1. The van der Waals surface area contributed by atoms with Crippen LogP contribution >= 0.6 is 0 Å². The molecule has 0 radical (unpaired) electrons. The van der Waals surface area contributed by atoms with Crippen LogP contribution in [0.5, 0.6) is 5.75 Å². The summed E-state index contributed by atoms with van der Waals surface area (Å²) in [6.45, 7) is 6.51. The zero-order valence-electron chi connectivity index (χ0n) is 24.3. The smallest absolute Gasteiger partial charge is 0.271 e. The molecule has 0 aliphatic carbocycles. The Labute approximate surface area is 246 Å². The van der Waals surface area contributed by atoms with E-state index in [2.05, 4.69) is 5.32 Å². The van der Waals surface area contributed by atoms with Gasteiger partial charge in [0.1, 0.15) is 18.3 Å². The minimum atomic E-state index is -4.35. The van der Waals surface area contributed by atoms with Gasteiger partial charge >= 0.3 is 0 Å². The molecule has 0 fully saturated rings. The molecule has 224 valence electrons. The van der Waals surface area contributed by atoms with Crippen molar-refractivity contribution in [3.05, 3.63) is 94.5 Å². The standard InChI is InChI=1S/C30H36N4O7S/c1-6-27(29(36)31-30(2,3)4)32(20-22-12-10-15-25(18-22)41-5)28(35)21-33(23-13-11-14-24(19-23)34(37)38)42(39,40)26-16-8-7-9-17-26/h7-19,27H,6,20-21H2,1-5H3,(H,31,36)/t27-/m0/s1. The lowest BCUT2D eigenvalue weighted by atomic mass is 10.1. The minimum Gasteiger partial charge on any atom is -0.497 e. The number of nitro groups is 1. The third-order valence-electron chi connectivity index (χ3n) is 6.31. The Morgan fingerprint density at radius 1 is 1.00 bits per heavy atom. The van der Waals surface area contributed by atoms with E-state index in [-0.39, 0.29) is 29.2 Å². The van der Waals surface area contributed by atoms with Crippen molar-refractivity contribution in [2.24, 2.45) is 0 Å². The zero-order chi connectivity index (χ0) is 31.1. The van der Waals surface area contributed by atoms with E-state index in [1.807, 2.05) is 20.8 Å². The monoisotopic (exact) mass is 596 g/mol. The molecule has 1 N–H and O–H groups in total.